The van der Waals surface area contributed by atoms with Crippen molar-refractivity contribution in [1.29, 1.82) is 0 Å². The molecule has 1 fully saturated rings. The molecule has 0 bridgehead atoms. The number of rotatable bonds is 6. The number of aromatic nitrogens is 2. The maximum atomic E-state index is 4.72. The van der Waals surface area contributed by atoms with Gasteiger partial charge in [-0.1, -0.05) is 31.0 Å². The number of hydrogen-bond donors (Lipinski definition) is 1. The van der Waals surface area contributed by atoms with Crippen LogP contribution in [-0.2, 0) is 0 Å². The lowest BCUT2D eigenvalue weighted by atomic mass is 9.94. The predicted octanol–water partition coefficient (Wildman–Crippen LogP) is 3.79. The SMILES string of the molecule is CCNc1cc(N(CC)C2CCCCC2)nc(SC)n1. The maximum Gasteiger partial charge on any atom is 0.191 e. The lowest BCUT2D eigenvalue weighted by Gasteiger charge is -2.34. The van der Waals surface area contributed by atoms with Gasteiger partial charge in [0.25, 0.3) is 0 Å². The van der Waals surface area contributed by atoms with Gasteiger partial charge in [0, 0.05) is 25.2 Å². The molecule has 1 aromatic heterocycles. The Bertz CT molecular complexity index is 418. The van der Waals surface area contributed by atoms with Gasteiger partial charge in [0.05, 0.1) is 0 Å². The molecule has 20 heavy (non-hydrogen) atoms. The minimum absolute atomic E-state index is 0.646. The van der Waals surface area contributed by atoms with Crippen LogP contribution in [0, 0.1) is 0 Å². The zero-order valence-corrected chi connectivity index (χ0v) is 13.7. The molecule has 1 aromatic rings. The van der Waals surface area contributed by atoms with E-state index < -0.39 is 0 Å². The lowest BCUT2D eigenvalue weighted by Crippen LogP contribution is -2.37. The molecule has 0 unspecified atom stereocenters. The molecule has 0 amide bonds. The van der Waals surface area contributed by atoms with Gasteiger partial charge in [-0.25, -0.2) is 9.97 Å². The first kappa shape index (κ1) is 15.4. The van der Waals surface area contributed by atoms with Gasteiger partial charge in [-0.3, -0.25) is 0 Å². The van der Waals surface area contributed by atoms with E-state index in [0.29, 0.717) is 6.04 Å². The summed E-state index contributed by atoms with van der Waals surface area (Å²) in [5, 5.41) is 4.17. The fraction of sp³-hybridized carbons (Fsp3) is 0.733. The second kappa shape index (κ2) is 7.72. The average Bonchev–Trinajstić information content (AvgIpc) is 2.49. The van der Waals surface area contributed by atoms with Crippen molar-refractivity contribution in [3.63, 3.8) is 0 Å². The zero-order valence-electron chi connectivity index (χ0n) is 12.9. The number of anilines is 2. The van der Waals surface area contributed by atoms with E-state index in [-0.39, 0.29) is 0 Å². The molecule has 1 aliphatic carbocycles. The monoisotopic (exact) mass is 294 g/mol. The van der Waals surface area contributed by atoms with E-state index in [1.54, 1.807) is 11.8 Å². The third kappa shape index (κ3) is 3.78. The van der Waals surface area contributed by atoms with Gasteiger partial charge in [0.15, 0.2) is 5.16 Å². The molecule has 0 aliphatic heterocycles. The van der Waals surface area contributed by atoms with E-state index in [1.807, 2.05) is 6.26 Å². The first-order chi connectivity index (χ1) is 9.78. The van der Waals surface area contributed by atoms with Crippen LogP contribution < -0.4 is 10.2 Å². The summed E-state index contributed by atoms with van der Waals surface area (Å²) in [6.45, 7) is 6.22. The maximum absolute atomic E-state index is 4.72. The molecule has 0 saturated heterocycles. The molecular weight excluding hydrogens is 268 g/mol. The molecule has 0 atom stereocenters. The quantitative estimate of drug-likeness (QED) is 0.638. The van der Waals surface area contributed by atoms with Gasteiger partial charge in [0.1, 0.15) is 11.6 Å². The summed E-state index contributed by atoms with van der Waals surface area (Å²) in [5.74, 6) is 2.02. The van der Waals surface area contributed by atoms with Crippen LogP contribution in [0.2, 0.25) is 0 Å². The second-order valence-corrected chi connectivity index (χ2v) is 5.98. The molecule has 112 valence electrons. The molecule has 0 spiro atoms. The van der Waals surface area contributed by atoms with Crippen molar-refractivity contribution in [2.45, 2.75) is 57.1 Å². The van der Waals surface area contributed by atoms with E-state index in [1.165, 1.54) is 32.1 Å². The summed E-state index contributed by atoms with van der Waals surface area (Å²) < 4.78 is 0. The highest BCUT2D eigenvalue weighted by Gasteiger charge is 2.22. The fourth-order valence-corrected chi connectivity index (χ4v) is 3.30. The summed E-state index contributed by atoms with van der Waals surface area (Å²) >= 11 is 1.61. The Balaban J connectivity index is 2.24. The normalized spacial score (nSPS) is 16.1. The van der Waals surface area contributed by atoms with E-state index in [9.17, 15) is 0 Å². The standard InChI is InChI=1S/C15H26N4S/c1-4-16-13-11-14(18-15(17-13)20-3)19(5-2)12-9-7-6-8-10-12/h11-12H,4-10H2,1-3H3,(H,16,17,18). The van der Waals surface area contributed by atoms with Gasteiger partial charge in [-0.2, -0.15) is 0 Å². The first-order valence-electron chi connectivity index (χ1n) is 7.72. The smallest absolute Gasteiger partial charge is 0.191 e. The molecular formula is C15H26N4S. The van der Waals surface area contributed by atoms with Crippen LogP contribution in [0.15, 0.2) is 11.2 Å². The van der Waals surface area contributed by atoms with Crippen LogP contribution in [-0.4, -0.2) is 35.4 Å². The van der Waals surface area contributed by atoms with Crippen LogP contribution in [0.25, 0.3) is 0 Å². The van der Waals surface area contributed by atoms with Gasteiger partial charge in [-0.05, 0) is 32.9 Å². The summed E-state index contributed by atoms with van der Waals surface area (Å²) in [5.41, 5.74) is 0. The van der Waals surface area contributed by atoms with Crippen LogP contribution in [0.5, 0.6) is 0 Å². The largest absolute Gasteiger partial charge is 0.370 e. The molecule has 1 aliphatic rings. The topological polar surface area (TPSA) is 41.0 Å². The molecule has 1 heterocycles. The number of nitrogens with zero attached hydrogens (tertiary/aromatic N) is 3. The fourth-order valence-electron chi connectivity index (χ4n) is 2.92. The van der Waals surface area contributed by atoms with Crippen molar-refractivity contribution in [3.8, 4) is 0 Å². The Kier molecular flexibility index (Phi) is 5.95. The Labute approximate surface area is 126 Å². The Morgan fingerprint density at radius 1 is 1.25 bits per heavy atom. The first-order valence-corrected chi connectivity index (χ1v) is 8.94. The van der Waals surface area contributed by atoms with Crippen molar-refractivity contribution in [2.24, 2.45) is 0 Å². The highest BCUT2D eigenvalue weighted by molar-refractivity contribution is 7.98. The average molecular weight is 294 g/mol. The third-order valence-electron chi connectivity index (χ3n) is 3.88. The Morgan fingerprint density at radius 3 is 2.60 bits per heavy atom. The van der Waals surface area contributed by atoms with Crippen LogP contribution in [0.1, 0.15) is 46.0 Å². The minimum Gasteiger partial charge on any atom is -0.370 e. The highest BCUT2D eigenvalue weighted by Crippen LogP contribution is 2.28. The van der Waals surface area contributed by atoms with E-state index in [0.717, 1.165) is 29.9 Å². The van der Waals surface area contributed by atoms with Crippen LogP contribution >= 0.6 is 11.8 Å². The molecule has 2 rings (SSSR count). The summed E-state index contributed by atoms with van der Waals surface area (Å²) in [7, 11) is 0. The van der Waals surface area contributed by atoms with Crippen molar-refractivity contribution in [3.05, 3.63) is 6.07 Å². The molecule has 1 N–H and O–H groups in total. The van der Waals surface area contributed by atoms with Gasteiger partial charge >= 0.3 is 0 Å². The Morgan fingerprint density at radius 2 is 2.00 bits per heavy atom. The van der Waals surface area contributed by atoms with Gasteiger partial charge in [0.2, 0.25) is 0 Å². The van der Waals surface area contributed by atoms with Crippen molar-refractivity contribution < 1.29 is 0 Å². The van der Waals surface area contributed by atoms with E-state index in [4.69, 9.17) is 4.98 Å². The van der Waals surface area contributed by atoms with Crippen LogP contribution in [0.3, 0.4) is 0 Å². The molecule has 0 aromatic carbocycles. The molecule has 5 heteroatoms. The van der Waals surface area contributed by atoms with Crippen molar-refractivity contribution in [1.82, 2.24) is 9.97 Å². The van der Waals surface area contributed by atoms with E-state index >= 15 is 0 Å². The summed E-state index contributed by atoms with van der Waals surface area (Å²) in [4.78, 5) is 11.7. The van der Waals surface area contributed by atoms with Gasteiger partial charge in [-0.15, -0.1) is 0 Å². The second-order valence-electron chi connectivity index (χ2n) is 5.21. The molecule has 4 nitrogen and oxygen atoms in total. The van der Waals surface area contributed by atoms with Crippen LogP contribution in [0.4, 0.5) is 11.6 Å². The minimum atomic E-state index is 0.646. The predicted molar refractivity (Wildman–Crippen MR) is 87.9 cm³/mol. The number of hydrogen-bond acceptors (Lipinski definition) is 5. The molecule has 0 radical (unpaired) electrons. The number of thioether (sulfide) groups is 1. The summed E-state index contributed by atoms with van der Waals surface area (Å²) in [6.07, 6.45) is 8.71. The zero-order chi connectivity index (χ0) is 14.4. The van der Waals surface area contributed by atoms with E-state index in [2.05, 4.69) is 35.1 Å². The highest BCUT2D eigenvalue weighted by atomic mass is 32.2. The lowest BCUT2D eigenvalue weighted by molar-refractivity contribution is 0.415. The summed E-state index contributed by atoms with van der Waals surface area (Å²) in [6, 6.07) is 2.74. The van der Waals surface area contributed by atoms with Crippen molar-refractivity contribution in [2.75, 3.05) is 29.6 Å². The van der Waals surface area contributed by atoms with Crippen molar-refractivity contribution >= 4 is 23.4 Å². The number of nitrogens with one attached hydrogen (secondary N) is 1. The van der Waals surface area contributed by atoms with Gasteiger partial charge < -0.3 is 10.2 Å². The molecule has 1 saturated carbocycles. The third-order valence-corrected chi connectivity index (χ3v) is 4.43. The Hall–Kier alpha value is -0.970.